The molecule has 0 unspecified atom stereocenters. The van der Waals surface area contributed by atoms with Gasteiger partial charge in [-0.15, -0.1) is 0 Å². The summed E-state index contributed by atoms with van der Waals surface area (Å²) in [6.45, 7) is 0.413. The zero-order valence-electron chi connectivity index (χ0n) is 16.3. The number of aromatic nitrogens is 1. The van der Waals surface area contributed by atoms with Gasteiger partial charge in [0.1, 0.15) is 12.4 Å². The van der Waals surface area contributed by atoms with Crippen LogP contribution < -0.4 is 10.2 Å². The summed E-state index contributed by atoms with van der Waals surface area (Å²) in [5.41, 5.74) is 7.01. The maximum Gasteiger partial charge on any atom is 0.271 e. The predicted octanol–water partition coefficient (Wildman–Crippen LogP) is 5.02. The van der Waals surface area contributed by atoms with Crippen LogP contribution in [-0.4, -0.2) is 17.1 Å². The van der Waals surface area contributed by atoms with Crippen LogP contribution in [0.4, 0.5) is 0 Å². The smallest absolute Gasteiger partial charge is 0.271 e. The van der Waals surface area contributed by atoms with E-state index in [-0.39, 0.29) is 5.91 Å². The Hall–Kier alpha value is -4.12. The van der Waals surface area contributed by atoms with E-state index in [1.165, 1.54) is 0 Å². The number of hydrogen-bond acceptors (Lipinski definition) is 3. The van der Waals surface area contributed by atoms with E-state index in [0.29, 0.717) is 12.2 Å². The quantitative estimate of drug-likeness (QED) is 0.341. The second kappa shape index (κ2) is 9.39. The van der Waals surface area contributed by atoms with Gasteiger partial charge < -0.3 is 9.72 Å². The van der Waals surface area contributed by atoms with Gasteiger partial charge in [-0.05, 0) is 41.5 Å². The fraction of sp³-hybridized carbons (Fsp3) is 0.0400. The number of rotatable bonds is 7. The summed E-state index contributed by atoms with van der Waals surface area (Å²) < 4.78 is 6.06. The van der Waals surface area contributed by atoms with Crippen molar-refractivity contribution in [3.8, 4) is 16.9 Å². The van der Waals surface area contributed by atoms with Crippen LogP contribution in [0.5, 0.6) is 5.75 Å². The number of carbonyl (C=O) groups is 1. The first-order chi connectivity index (χ1) is 14.8. The molecule has 0 saturated heterocycles. The molecule has 0 bridgehead atoms. The molecule has 0 fully saturated rings. The molecule has 1 heterocycles. The van der Waals surface area contributed by atoms with Gasteiger partial charge in [0.25, 0.3) is 5.91 Å². The van der Waals surface area contributed by atoms with E-state index in [9.17, 15) is 4.79 Å². The number of aromatic amines is 1. The van der Waals surface area contributed by atoms with Crippen LogP contribution >= 0.6 is 0 Å². The zero-order valence-corrected chi connectivity index (χ0v) is 16.3. The maximum atomic E-state index is 12.2. The molecule has 5 heteroatoms. The van der Waals surface area contributed by atoms with Crippen LogP contribution in [0.2, 0.25) is 0 Å². The molecule has 1 amide bonds. The van der Waals surface area contributed by atoms with Crippen molar-refractivity contribution < 1.29 is 9.53 Å². The average Bonchev–Trinajstić information content (AvgIpc) is 3.32. The Kier molecular flexibility index (Phi) is 6.01. The van der Waals surface area contributed by atoms with Crippen molar-refractivity contribution in [1.29, 1.82) is 0 Å². The molecule has 3 aromatic carbocycles. The van der Waals surface area contributed by atoms with Gasteiger partial charge in [0.15, 0.2) is 0 Å². The van der Waals surface area contributed by atoms with Crippen molar-refractivity contribution in [1.82, 2.24) is 10.4 Å². The first-order valence-electron chi connectivity index (χ1n) is 9.62. The summed E-state index contributed by atoms with van der Waals surface area (Å²) in [4.78, 5) is 15.2. The molecule has 4 rings (SSSR count). The van der Waals surface area contributed by atoms with E-state index in [1.54, 1.807) is 24.5 Å². The molecule has 30 heavy (non-hydrogen) atoms. The molecule has 5 nitrogen and oxygen atoms in total. The highest BCUT2D eigenvalue weighted by atomic mass is 16.5. The highest BCUT2D eigenvalue weighted by molar-refractivity contribution is 5.94. The Labute approximate surface area is 175 Å². The Morgan fingerprint density at radius 1 is 0.900 bits per heavy atom. The number of H-pyrrole nitrogens is 1. The average molecular weight is 395 g/mol. The lowest BCUT2D eigenvalue weighted by Crippen LogP contribution is -2.17. The first-order valence-corrected chi connectivity index (χ1v) is 9.62. The summed E-state index contributed by atoms with van der Waals surface area (Å²) >= 11 is 0. The minimum Gasteiger partial charge on any atom is -0.488 e. The van der Waals surface area contributed by atoms with Crippen molar-refractivity contribution in [3.63, 3.8) is 0 Å². The number of amides is 1. The van der Waals surface area contributed by atoms with Crippen molar-refractivity contribution in [2.24, 2.45) is 5.10 Å². The maximum absolute atomic E-state index is 12.2. The van der Waals surface area contributed by atoms with E-state index in [1.807, 2.05) is 66.7 Å². The molecule has 1 aromatic heterocycles. The molecule has 0 radical (unpaired) electrons. The highest BCUT2D eigenvalue weighted by Gasteiger charge is 2.07. The van der Waals surface area contributed by atoms with Gasteiger partial charge in [0.05, 0.1) is 11.9 Å². The Bertz CT molecular complexity index is 1120. The summed E-state index contributed by atoms with van der Waals surface area (Å²) in [6, 6.07) is 29.1. The van der Waals surface area contributed by atoms with Crippen LogP contribution in [-0.2, 0) is 6.61 Å². The molecule has 0 aliphatic carbocycles. The molecular weight excluding hydrogens is 374 g/mol. The molecule has 0 aliphatic heterocycles. The van der Waals surface area contributed by atoms with Gasteiger partial charge >= 0.3 is 0 Å². The lowest BCUT2D eigenvalue weighted by molar-refractivity contribution is 0.0955. The lowest BCUT2D eigenvalue weighted by atomic mass is 10.0. The Balaban J connectivity index is 1.37. The normalized spacial score (nSPS) is 10.8. The Morgan fingerprint density at radius 3 is 2.43 bits per heavy atom. The highest BCUT2D eigenvalue weighted by Crippen LogP contribution is 2.30. The third-order valence-electron chi connectivity index (χ3n) is 4.57. The summed E-state index contributed by atoms with van der Waals surface area (Å²) in [5.74, 6) is 0.559. The second-order valence-corrected chi connectivity index (χ2v) is 6.67. The molecule has 0 aliphatic rings. The van der Waals surface area contributed by atoms with E-state index in [4.69, 9.17) is 4.74 Å². The number of carbonyl (C=O) groups excluding carboxylic acids is 1. The molecule has 0 saturated carbocycles. The largest absolute Gasteiger partial charge is 0.488 e. The fourth-order valence-corrected chi connectivity index (χ4v) is 3.01. The van der Waals surface area contributed by atoms with Gasteiger partial charge in [-0.2, -0.15) is 5.10 Å². The van der Waals surface area contributed by atoms with Crippen molar-refractivity contribution in [2.75, 3.05) is 0 Å². The van der Waals surface area contributed by atoms with Crippen LogP contribution in [0.1, 0.15) is 21.6 Å². The van der Waals surface area contributed by atoms with E-state index < -0.39 is 0 Å². The molecule has 2 N–H and O–H groups in total. The van der Waals surface area contributed by atoms with Crippen molar-refractivity contribution >= 4 is 12.1 Å². The van der Waals surface area contributed by atoms with E-state index >= 15 is 0 Å². The fourth-order valence-electron chi connectivity index (χ4n) is 3.01. The number of nitrogens with zero attached hydrogens (tertiary/aromatic N) is 1. The van der Waals surface area contributed by atoms with Crippen LogP contribution in [0, 0.1) is 0 Å². The minimum absolute atomic E-state index is 0.264. The first kappa shape index (κ1) is 19.2. The molecule has 0 atom stereocenters. The van der Waals surface area contributed by atoms with Crippen molar-refractivity contribution in [3.05, 3.63) is 114 Å². The summed E-state index contributed by atoms with van der Waals surface area (Å²) in [6.07, 6.45) is 3.35. The summed E-state index contributed by atoms with van der Waals surface area (Å²) in [7, 11) is 0. The van der Waals surface area contributed by atoms with Crippen LogP contribution in [0.3, 0.4) is 0 Å². The standard InChI is InChI=1S/C25H21N3O2/c29-25(28-27-17-22-9-6-16-26-22)21-14-12-19(13-15-21)18-30-24-11-5-4-10-23(24)20-7-2-1-3-8-20/h1-17,26H,18H2,(H,28,29). The van der Waals surface area contributed by atoms with Crippen LogP contribution in [0.25, 0.3) is 11.1 Å². The predicted molar refractivity (Wildman–Crippen MR) is 119 cm³/mol. The number of nitrogens with one attached hydrogen (secondary N) is 2. The van der Waals surface area contributed by atoms with Crippen LogP contribution in [0.15, 0.2) is 102 Å². The van der Waals surface area contributed by atoms with Gasteiger partial charge in [-0.3, -0.25) is 4.79 Å². The third kappa shape index (κ3) is 4.83. The second-order valence-electron chi connectivity index (χ2n) is 6.67. The Morgan fingerprint density at radius 2 is 1.67 bits per heavy atom. The molecular formula is C25H21N3O2. The number of benzene rings is 3. The van der Waals surface area contributed by atoms with Gasteiger partial charge in [0, 0.05) is 17.3 Å². The SMILES string of the molecule is O=C(NN=Cc1ccc[nH]1)c1ccc(COc2ccccc2-c2ccccc2)cc1. The van der Waals surface area contributed by atoms with E-state index in [2.05, 4.69) is 27.6 Å². The number of hydrazone groups is 1. The monoisotopic (exact) mass is 395 g/mol. The minimum atomic E-state index is -0.264. The number of hydrogen-bond donors (Lipinski definition) is 2. The zero-order chi connectivity index (χ0) is 20.6. The lowest BCUT2D eigenvalue weighted by Gasteiger charge is -2.12. The topological polar surface area (TPSA) is 66.5 Å². The third-order valence-corrected chi connectivity index (χ3v) is 4.57. The van der Waals surface area contributed by atoms with Crippen molar-refractivity contribution in [2.45, 2.75) is 6.61 Å². The van der Waals surface area contributed by atoms with Gasteiger partial charge in [-0.25, -0.2) is 5.43 Å². The summed E-state index contributed by atoms with van der Waals surface area (Å²) in [5, 5.41) is 3.95. The van der Waals surface area contributed by atoms with Gasteiger partial charge in [-0.1, -0.05) is 60.7 Å². The van der Waals surface area contributed by atoms with Gasteiger partial charge in [0.2, 0.25) is 0 Å². The number of para-hydroxylation sites is 1. The molecule has 148 valence electrons. The molecule has 4 aromatic rings. The molecule has 0 spiro atoms. The number of ether oxygens (including phenoxy) is 1. The van der Waals surface area contributed by atoms with E-state index in [0.717, 1.165) is 28.1 Å².